The number of hydrogen-bond donors (Lipinski definition) is 1. The maximum Gasteiger partial charge on any atom is 0.149 e. The Kier molecular flexibility index (Phi) is 3.77. The van der Waals surface area contributed by atoms with E-state index in [9.17, 15) is 4.39 Å². The van der Waals surface area contributed by atoms with Crippen LogP contribution in [0, 0.1) is 5.82 Å². The molecule has 1 aliphatic carbocycles. The van der Waals surface area contributed by atoms with Gasteiger partial charge in [0.25, 0.3) is 0 Å². The van der Waals surface area contributed by atoms with Gasteiger partial charge in [0.2, 0.25) is 0 Å². The molecule has 0 unspecified atom stereocenters. The maximum atomic E-state index is 13.0. The quantitative estimate of drug-likeness (QED) is 0.920. The van der Waals surface area contributed by atoms with Gasteiger partial charge < -0.3 is 5.32 Å². The zero-order valence-electron chi connectivity index (χ0n) is 10.2. The van der Waals surface area contributed by atoms with Crippen LogP contribution in [0.2, 0.25) is 5.02 Å². The average Bonchev–Trinajstić information content (AvgIpc) is 3.07. The Morgan fingerprint density at radius 1 is 1.37 bits per heavy atom. The van der Waals surface area contributed by atoms with Crippen molar-refractivity contribution in [2.75, 3.05) is 6.54 Å². The molecule has 1 aromatic carbocycles. The lowest BCUT2D eigenvalue weighted by Crippen LogP contribution is -2.19. The highest BCUT2D eigenvalue weighted by Gasteiger charge is 2.20. The van der Waals surface area contributed by atoms with E-state index in [1.54, 1.807) is 6.07 Å². The zero-order valence-corrected chi connectivity index (χ0v) is 11.8. The first-order chi connectivity index (χ1) is 9.22. The summed E-state index contributed by atoms with van der Waals surface area (Å²) in [6.45, 7) is 0.927. The van der Waals surface area contributed by atoms with Crippen LogP contribution in [-0.2, 0) is 6.42 Å². The minimum absolute atomic E-state index is 0.341. The second kappa shape index (κ2) is 5.53. The van der Waals surface area contributed by atoms with Gasteiger partial charge >= 0.3 is 0 Å². The third-order valence-electron chi connectivity index (χ3n) is 2.98. The van der Waals surface area contributed by atoms with Crippen molar-refractivity contribution in [3.05, 3.63) is 34.0 Å². The lowest BCUT2D eigenvalue weighted by Gasteiger charge is -1.99. The van der Waals surface area contributed by atoms with E-state index in [2.05, 4.69) is 15.5 Å². The molecule has 0 saturated heterocycles. The van der Waals surface area contributed by atoms with Crippen molar-refractivity contribution >= 4 is 22.9 Å². The van der Waals surface area contributed by atoms with Crippen molar-refractivity contribution in [1.29, 1.82) is 0 Å². The van der Waals surface area contributed by atoms with E-state index < -0.39 is 0 Å². The van der Waals surface area contributed by atoms with Gasteiger partial charge in [0.15, 0.2) is 0 Å². The van der Waals surface area contributed by atoms with Crippen LogP contribution in [-0.4, -0.2) is 22.8 Å². The van der Waals surface area contributed by atoms with Crippen molar-refractivity contribution in [1.82, 2.24) is 15.5 Å². The molecule has 19 heavy (non-hydrogen) atoms. The highest BCUT2D eigenvalue weighted by Crippen LogP contribution is 2.30. The summed E-state index contributed by atoms with van der Waals surface area (Å²) in [5, 5.41) is 13.8. The number of benzene rings is 1. The molecule has 0 bridgehead atoms. The standard InChI is InChI=1S/C13H13ClFN3S/c14-11-7-8(15)1-4-10(11)13-18-17-12(19-13)5-6-16-9-2-3-9/h1,4,7,9,16H,2-3,5-6H2. The smallest absolute Gasteiger partial charge is 0.149 e. The van der Waals surface area contributed by atoms with Gasteiger partial charge in [-0.1, -0.05) is 22.9 Å². The number of halogens is 2. The Hall–Kier alpha value is -1.04. The molecule has 1 saturated carbocycles. The van der Waals surface area contributed by atoms with Gasteiger partial charge in [0.05, 0.1) is 5.02 Å². The van der Waals surface area contributed by atoms with Crippen LogP contribution in [0.25, 0.3) is 10.6 Å². The van der Waals surface area contributed by atoms with E-state index in [-0.39, 0.29) is 5.82 Å². The van der Waals surface area contributed by atoms with Crippen LogP contribution in [0.4, 0.5) is 4.39 Å². The van der Waals surface area contributed by atoms with Gasteiger partial charge in [0, 0.05) is 24.6 Å². The lowest BCUT2D eigenvalue weighted by atomic mass is 10.2. The number of hydrogen-bond acceptors (Lipinski definition) is 4. The molecule has 1 N–H and O–H groups in total. The van der Waals surface area contributed by atoms with E-state index in [0.29, 0.717) is 11.1 Å². The summed E-state index contributed by atoms with van der Waals surface area (Å²) in [5.74, 6) is -0.341. The van der Waals surface area contributed by atoms with Gasteiger partial charge in [0.1, 0.15) is 15.8 Å². The summed E-state index contributed by atoms with van der Waals surface area (Å²) in [6, 6.07) is 5.03. The molecule has 1 aliphatic rings. The molecule has 2 aromatic rings. The Labute approximate surface area is 119 Å². The zero-order chi connectivity index (χ0) is 13.2. The second-order valence-electron chi connectivity index (χ2n) is 4.60. The Morgan fingerprint density at radius 2 is 2.21 bits per heavy atom. The van der Waals surface area contributed by atoms with Crippen LogP contribution < -0.4 is 5.32 Å². The molecule has 1 heterocycles. The summed E-state index contributed by atoms with van der Waals surface area (Å²) < 4.78 is 13.0. The Bertz CT molecular complexity index is 583. The van der Waals surface area contributed by atoms with E-state index in [1.807, 2.05) is 0 Å². The summed E-state index contributed by atoms with van der Waals surface area (Å²) >= 11 is 7.52. The fraction of sp³-hybridized carbons (Fsp3) is 0.385. The van der Waals surface area contributed by atoms with Gasteiger partial charge in [-0.3, -0.25) is 0 Å². The van der Waals surface area contributed by atoms with Crippen LogP contribution in [0.1, 0.15) is 17.8 Å². The highest BCUT2D eigenvalue weighted by atomic mass is 35.5. The topological polar surface area (TPSA) is 37.8 Å². The van der Waals surface area contributed by atoms with Gasteiger partial charge in [-0.2, -0.15) is 0 Å². The normalized spacial score (nSPS) is 14.8. The third-order valence-corrected chi connectivity index (χ3v) is 4.31. The number of rotatable bonds is 5. The van der Waals surface area contributed by atoms with E-state index in [1.165, 1.54) is 36.3 Å². The van der Waals surface area contributed by atoms with Crippen LogP contribution in [0.3, 0.4) is 0 Å². The minimum atomic E-state index is -0.341. The average molecular weight is 298 g/mol. The van der Waals surface area contributed by atoms with Crippen molar-refractivity contribution in [3.8, 4) is 10.6 Å². The summed E-state index contributed by atoms with van der Waals surface area (Å²) in [4.78, 5) is 0. The van der Waals surface area contributed by atoms with Crippen LogP contribution in [0.15, 0.2) is 18.2 Å². The predicted octanol–water partition coefficient (Wildman–Crippen LogP) is 3.29. The molecule has 100 valence electrons. The fourth-order valence-corrected chi connectivity index (χ4v) is 2.99. The molecule has 3 nitrogen and oxygen atoms in total. The Morgan fingerprint density at radius 3 is 2.95 bits per heavy atom. The Balaban J connectivity index is 1.68. The minimum Gasteiger partial charge on any atom is -0.314 e. The van der Waals surface area contributed by atoms with Gasteiger partial charge in [-0.05, 0) is 31.0 Å². The van der Waals surface area contributed by atoms with Gasteiger partial charge in [-0.15, -0.1) is 10.2 Å². The predicted molar refractivity (Wildman–Crippen MR) is 75.0 cm³/mol. The first-order valence-corrected chi connectivity index (χ1v) is 7.43. The molecule has 0 radical (unpaired) electrons. The monoisotopic (exact) mass is 297 g/mol. The molecular weight excluding hydrogens is 285 g/mol. The number of aromatic nitrogens is 2. The molecule has 6 heteroatoms. The SMILES string of the molecule is Fc1ccc(-c2nnc(CCNC3CC3)s2)c(Cl)c1. The molecule has 0 aliphatic heterocycles. The van der Waals surface area contributed by atoms with E-state index >= 15 is 0 Å². The summed E-state index contributed by atoms with van der Waals surface area (Å²) in [5.41, 5.74) is 0.738. The second-order valence-corrected chi connectivity index (χ2v) is 6.07. The molecule has 3 rings (SSSR count). The highest BCUT2D eigenvalue weighted by molar-refractivity contribution is 7.14. The maximum absolute atomic E-state index is 13.0. The molecule has 0 atom stereocenters. The molecule has 0 spiro atoms. The molecule has 1 aromatic heterocycles. The van der Waals surface area contributed by atoms with E-state index in [4.69, 9.17) is 11.6 Å². The first kappa shape index (κ1) is 13.0. The van der Waals surface area contributed by atoms with Crippen LogP contribution >= 0.6 is 22.9 Å². The van der Waals surface area contributed by atoms with Crippen molar-refractivity contribution in [2.24, 2.45) is 0 Å². The largest absolute Gasteiger partial charge is 0.314 e. The van der Waals surface area contributed by atoms with E-state index in [0.717, 1.165) is 28.5 Å². The molecule has 0 amide bonds. The molecular formula is C13H13ClFN3S. The van der Waals surface area contributed by atoms with Crippen molar-refractivity contribution < 1.29 is 4.39 Å². The van der Waals surface area contributed by atoms with Crippen molar-refractivity contribution in [2.45, 2.75) is 25.3 Å². The third kappa shape index (κ3) is 3.29. The van der Waals surface area contributed by atoms with Crippen molar-refractivity contribution in [3.63, 3.8) is 0 Å². The summed E-state index contributed by atoms with van der Waals surface area (Å²) in [6.07, 6.45) is 3.44. The first-order valence-electron chi connectivity index (χ1n) is 6.23. The number of nitrogens with one attached hydrogen (secondary N) is 1. The van der Waals surface area contributed by atoms with Gasteiger partial charge in [-0.25, -0.2) is 4.39 Å². The molecule has 1 fully saturated rings. The summed E-state index contributed by atoms with van der Waals surface area (Å²) in [7, 11) is 0. The fourth-order valence-electron chi connectivity index (χ4n) is 1.80. The number of nitrogens with zero attached hydrogens (tertiary/aromatic N) is 2. The van der Waals surface area contributed by atoms with Crippen LogP contribution in [0.5, 0.6) is 0 Å². The lowest BCUT2D eigenvalue weighted by molar-refractivity contribution is 0.628.